The summed E-state index contributed by atoms with van der Waals surface area (Å²) < 4.78 is 5.53. The molecule has 0 fully saturated rings. The number of rotatable bonds is 5. The van der Waals surface area contributed by atoms with E-state index in [1.807, 2.05) is 13.0 Å². The molecule has 0 spiro atoms. The third-order valence-electron chi connectivity index (χ3n) is 2.63. The molecule has 0 saturated carbocycles. The lowest BCUT2D eigenvalue weighted by Gasteiger charge is -2.13. The van der Waals surface area contributed by atoms with Crippen LogP contribution in [0.1, 0.15) is 31.9 Å². The van der Waals surface area contributed by atoms with Gasteiger partial charge in [0.05, 0.1) is 6.61 Å². The maximum Gasteiger partial charge on any atom is 0.226 e. The minimum Gasteiger partial charge on any atom is -0.478 e. The maximum atomic E-state index is 5.53. The number of hydrogen-bond acceptors (Lipinski definition) is 4. The topological polar surface area (TPSA) is 47.0 Å². The average molecular weight is 233 g/mol. The van der Waals surface area contributed by atoms with Crippen LogP contribution in [0.3, 0.4) is 0 Å². The van der Waals surface area contributed by atoms with Gasteiger partial charge in [0.25, 0.3) is 0 Å². The van der Waals surface area contributed by atoms with Gasteiger partial charge >= 0.3 is 0 Å². The molecule has 4 nitrogen and oxygen atoms in total. The molecule has 1 aliphatic carbocycles. The first-order chi connectivity index (χ1) is 8.28. The Labute approximate surface area is 102 Å². The van der Waals surface area contributed by atoms with E-state index in [4.69, 9.17) is 4.74 Å². The highest BCUT2D eigenvalue weighted by atomic mass is 16.5. The van der Waals surface area contributed by atoms with E-state index in [1.165, 1.54) is 0 Å². The van der Waals surface area contributed by atoms with E-state index in [-0.39, 0.29) is 0 Å². The number of aromatic nitrogens is 2. The Hall–Kier alpha value is -1.58. The van der Waals surface area contributed by atoms with Crippen molar-refractivity contribution in [2.24, 2.45) is 0 Å². The molecule has 4 heteroatoms. The highest BCUT2D eigenvalue weighted by molar-refractivity contribution is 5.32. The molecule has 17 heavy (non-hydrogen) atoms. The van der Waals surface area contributed by atoms with E-state index in [0.29, 0.717) is 24.5 Å². The van der Waals surface area contributed by atoms with Crippen LogP contribution in [0.2, 0.25) is 0 Å². The number of nitrogens with zero attached hydrogens (tertiary/aromatic N) is 2. The van der Waals surface area contributed by atoms with Crippen molar-refractivity contribution in [3.63, 3.8) is 0 Å². The molecule has 0 aromatic carbocycles. The second-order valence-corrected chi connectivity index (χ2v) is 4.30. The van der Waals surface area contributed by atoms with Crippen LogP contribution in [-0.2, 0) is 0 Å². The molecule has 0 saturated heterocycles. The van der Waals surface area contributed by atoms with Crippen LogP contribution in [-0.4, -0.2) is 22.6 Å². The van der Waals surface area contributed by atoms with E-state index < -0.39 is 0 Å². The molecule has 0 aliphatic heterocycles. The van der Waals surface area contributed by atoms with Crippen LogP contribution in [0.4, 0.5) is 5.95 Å². The largest absolute Gasteiger partial charge is 0.478 e. The standard InChI is InChI=1S/C13H19N3O/c1-3-8-17-12-9-10(2)14-13(16-12)15-11-6-4-5-7-11/h4-5,9,11H,3,6-8H2,1-2H3,(H,14,15,16). The average Bonchev–Trinajstić information content (AvgIpc) is 2.78. The first-order valence-electron chi connectivity index (χ1n) is 6.18. The van der Waals surface area contributed by atoms with Crippen LogP contribution in [0.25, 0.3) is 0 Å². The zero-order valence-electron chi connectivity index (χ0n) is 10.4. The third kappa shape index (κ3) is 3.44. The normalized spacial score (nSPS) is 15.2. The van der Waals surface area contributed by atoms with E-state index >= 15 is 0 Å². The molecule has 0 radical (unpaired) electrons. The summed E-state index contributed by atoms with van der Waals surface area (Å²) in [7, 11) is 0. The smallest absolute Gasteiger partial charge is 0.226 e. The highest BCUT2D eigenvalue weighted by Crippen LogP contribution is 2.17. The predicted molar refractivity (Wildman–Crippen MR) is 68.3 cm³/mol. The van der Waals surface area contributed by atoms with Gasteiger partial charge in [0.15, 0.2) is 0 Å². The molecule has 1 aromatic heterocycles. The van der Waals surface area contributed by atoms with E-state index in [2.05, 4.69) is 34.4 Å². The fraction of sp³-hybridized carbons (Fsp3) is 0.538. The third-order valence-corrected chi connectivity index (χ3v) is 2.63. The van der Waals surface area contributed by atoms with Gasteiger partial charge in [-0.1, -0.05) is 19.1 Å². The lowest BCUT2D eigenvalue weighted by atomic mass is 10.2. The van der Waals surface area contributed by atoms with Crippen molar-refractivity contribution in [3.05, 3.63) is 23.9 Å². The summed E-state index contributed by atoms with van der Waals surface area (Å²) in [6.45, 7) is 4.73. The Morgan fingerprint density at radius 1 is 1.35 bits per heavy atom. The van der Waals surface area contributed by atoms with E-state index in [9.17, 15) is 0 Å². The Balaban J connectivity index is 2.02. The summed E-state index contributed by atoms with van der Waals surface area (Å²) in [6.07, 6.45) is 7.44. The summed E-state index contributed by atoms with van der Waals surface area (Å²) in [5.41, 5.74) is 0.930. The SMILES string of the molecule is CCCOc1cc(C)nc(NC2CC=CC2)n1. The zero-order valence-corrected chi connectivity index (χ0v) is 10.4. The van der Waals surface area contributed by atoms with Gasteiger partial charge in [-0.2, -0.15) is 4.98 Å². The monoisotopic (exact) mass is 233 g/mol. The molecule has 92 valence electrons. The van der Waals surface area contributed by atoms with Gasteiger partial charge in [-0.25, -0.2) is 4.98 Å². The van der Waals surface area contributed by atoms with E-state index in [0.717, 1.165) is 25.0 Å². The fourth-order valence-corrected chi connectivity index (χ4v) is 1.80. The molecule has 1 N–H and O–H groups in total. The van der Waals surface area contributed by atoms with Crippen LogP contribution >= 0.6 is 0 Å². The van der Waals surface area contributed by atoms with Crippen molar-refractivity contribution in [1.29, 1.82) is 0 Å². The summed E-state index contributed by atoms with van der Waals surface area (Å²) in [5, 5.41) is 3.33. The minimum absolute atomic E-state index is 0.427. The van der Waals surface area contributed by atoms with Gasteiger partial charge in [-0.3, -0.25) is 0 Å². The fourth-order valence-electron chi connectivity index (χ4n) is 1.80. The van der Waals surface area contributed by atoms with Crippen molar-refractivity contribution in [3.8, 4) is 5.88 Å². The lowest BCUT2D eigenvalue weighted by molar-refractivity contribution is 0.305. The molecule has 0 atom stereocenters. The summed E-state index contributed by atoms with van der Waals surface area (Å²) in [6, 6.07) is 2.30. The number of anilines is 1. The molecular formula is C13H19N3O. The predicted octanol–water partition coefficient (Wildman–Crippen LogP) is 2.70. The molecule has 1 aliphatic rings. The Morgan fingerprint density at radius 3 is 2.82 bits per heavy atom. The van der Waals surface area contributed by atoms with Crippen LogP contribution in [0.5, 0.6) is 5.88 Å². The minimum atomic E-state index is 0.427. The molecular weight excluding hydrogens is 214 g/mol. The van der Waals surface area contributed by atoms with Crippen LogP contribution < -0.4 is 10.1 Å². The van der Waals surface area contributed by atoms with Crippen molar-refractivity contribution >= 4 is 5.95 Å². The Morgan fingerprint density at radius 2 is 2.12 bits per heavy atom. The summed E-state index contributed by atoms with van der Waals surface area (Å²) in [4.78, 5) is 8.74. The zero-order chi connectivity index (χ0) is 12.1. The number of hydrogen-bond donors (Lipinski definition) is 1. The Bertz CT molecular complexity index is 396. The molecule has 0 unspecified atom stereocenters. The maximum absolute atomic E-state index is 5.53. The first kappa shape index (κ1) is 11.9. The van der Waals surface area contributed by atoms with E-state index in [1.54, 1.807) is 0 Å². The molecule has 0 amide bonds. The lowest BCUT2D eigenvalue weighted by Crippen LogP contribution is -2.17. The second kappa shape index (κ2) is 5.66. The van der Waals surface area contributed by atoms with Gasteiger partial charge in [-0.15, -0.1) is 0 Å². The molecule has 1 aromatic rings. The van der Waals surface area contributed by atoms with Gasteiger partial charge in [0.1, 0.15) is 0 Å². The van der Waals surface area contributed by atoms with Crippen molar-refractivity contribution < 1.29 is 4.74 Å². The highest BCUT2D eigenvalue weighted by Gasteiger charge is 2.12. The van der Waals surface area contributed by atoms with Gasteiger partial charge in [-0.05, 0) is 26.2 Å². The van der Waals surface area contributed by atoms with Gasteiger partial charge in [0, 0.05) is 17.8 Å². The number of nitrogens with one attached hydrogen (secondary N) is 1. The van der Waals surface area contributed by atoms with Gasteiger partial charge < -0.3 is 10.1 Å². The van der Waals surface area contributed by atoms with Crippen molar-refractivity contribution in [1.82, 2.24) is 9.97 Å². The summed E-state index contributed by atoms with van der Waals surface area (Å²) in [5.74, 6) is 1.33. The molecule has 1 heterocycles. The number of aryl methyl sites for hydroxylation is 1. The van der Waals surface area contributed by atoms with Crippen molar-refractivity contribution in [2.45, 2.75) is 39.2 Å². The second-order valence-electron chi connectivity index (χ2n) is 4.30. The number of ether oxygens (including phenoxy) is 1. The van der Waals surface area contributed by atoms with Gasteiger partial charge in [0.2, 0.25) is 11.8 Å². The molecule has 2 rings (SSSR count). The van der Waals surface area contributed by atoms with Crippen LogP contribution in [0, 0.1) is 6.92 Å². The quantitative estimate of drug-likeness (QED) is 0.794. The van der Waals surface area contributed by atoms with Crippen LogP contribution in [0.15, 0.2) is 18.2 Å². The Kier molecular flexibility index (Phi) is 3.96. The summed E-state index contributed by atoms with van der Waals surface area (Å²) >= 11 is 0. The molecule has 0 bridgehead atoms. The first-order valence-corrected chi connectivity index (χ1v) is 6.18. The van der Waals surface area contributed by atoms with Crippen molar-refractivity contribution in [2.75, 3.05) is 11.9 Å².